The van der Waals surface area contributed by atoms with Crippen LogP contribution in [-0.4, -0.2) is 87.1 Å². The second-order valence-corrected chi connectivity index (χ2v) is 10.8. The number of aliphatic imine (C=N–C) groups is 1. The topological polar surface area (TPSA) is 97.3 Å². The zero-order valence-electron chi connectivity index (χ0n) is 24.3. The minimum atomic E-state index is -0.813. The van der Waals surface area contributed by atoms with Crippen LogP contribution in [0.2, 0.25) is 0 Å². The molecule has 2 aliphatic rings. The first-order valence-corrected chi connectivity index (χ1v) is 13.9. The van der Waals surface area contributed by atoms with Crippen LogP contribution in [-0.2, 0) is 9.59 Å². The molecule has 0 radical (unpaired) electrons. The van der Waals surface area contributed by atoms with E-state index in [1.54, 1.807) is 49.3 Å². The fraction of sp³-hybridized carbons (Fsp3) is 0.312. The van der Waals surface area contributed by atoms with E-state index in [0.717, 1.165) is 31.9 Å². The Morgan fingerprint density at radius 2 is 1.74 bits per heavy atom. The van der Waals surface area contributed by atoms with Crippen molar-refractivity contribution in [3.63, 3.8) is 0 Å². The van der Waals surface area contributed by atoms with E-state index in [1.807, 2.05) is 25.1 Å². The van der Waals surface area contributed by atoms with Gasteiger partial charge in [-0.25, -0.2) is 4.39 Å². The summed E-state index contributed by atoms with van der Waals surface area (Å²) in [5.41, 5.74) is 4.52. The predicted molar refractivity (Wildman–Crippen MR) is 162 cm³/mol. The van der Waals surface area contributed by atoms with Crippen LogP contribution in [0.1, 0.15) is 33.0 Å². The van der Waals surface area contributed by atoms with Gasteiger partial charge in [0, 0.05) is 62.8 Å². The standard InChI is InChI=1S/C32H35FN6O3/c1-20-24(6-5-7-25(20)31(41)34-2)30(29-26-13-8-21(33)18-27(26)36-32(29)42)35-22-9-11-23(12-10-22)38(4)28(40)19-39-16-14-37(3)15-17-39/h5-13,18,29H,14-17,19H2,1-4H3,(H,34,41)(H,36,42). The Labute approximate surface area is 245 Å². The molecule has 0 saturated carbocycles. The first-order valence-electron chi connectivity index (χ1n) is 13.9. The van der Waals surface area contributed by atoms with Crippen LogP contribution in [0.5, 0.6) is 0 Å². The molecule has 218 valence electrons. The molecule has 3 amide bonds. The number of likely N-dealkylation sites (N-methyl/N-ethyl adjacent to an activating group) is 2. The quantitative estimate of drug-likeness (QED) is 0.424. The van der Waals surface area contributed by atoms with Gasteiger partial charge in [-0.1, -0.05) is 18.2 Å². The molecule has 0 aromatic heterocycles. The van der Waals surface area contributed by atoms with Gasteiger partial charge >= 0.3 is 0 Å². The third-order valence-corrected chi connectivity index (χ3v) is 8.02. The van der Waals surface area contributed by atoms with E-state index < -0.39 is 11.7 Å². The van der Waals surface area contributed by atoms with E-state index >= 15 is 0 Å². The molecule has 0 aliphatic carbocycles. The maximum atomic E-state index is 14.0. The summed E-state index contributed by atoms with van der Waals surface area (Å²) < 4.78 is 14.0. The van der Waals surface area contributed by atoms with Crippen molar-refractivity contribution in [2.24, 2.45) is 4.99 Å². The summed E-state index contributed by atoms with van der Waals surface area (Å²) in [6.45, 7) is 5.77. The monoisotopic (exact) mass is 570 g/mol. The van der Waals surface area contributed by atoms with Crippen LogP contribution < -0.4 is 15.5 Å². The second-order valence-electron chi connectivity index (χ2n) is 10.8. The molecule has 1 unspecified atom stereocenters. The minimum absolute atomic E-state index is 0.00426. The number of amides is 3. The average Bonchev–Trinajstić information content (AvgIpc) is 3.31. The van der Waals surface area contributed by atoms with Crippen molar-refractivity contribution >= 4 is 40.5 Å². The van der Waals surface area contributed by atoms with Crippen molar-refractivity contribution in [3.05, 3.63) is 88.7 Å². The van der Waals surface area contributed by atoms with Gasteiger partial charge in [0.1, 0.15) is 11.7 Å². The van der Waals surface area contributed by atoms with Crippen molar-refractivity contribution < 1.29 is 18.8 Å². The fourth-order valence-electron chi connectivity index (χ4n) is 5.42. The maximum Gasteiger partial charge on any atom is 0.251 e. The molecule has 0 bridgehead atoms. The van der Waals surface area contributed by atoms with Gasteiger partial charge in [0.2, 0.25) is 11.8 Å². The number of rotatable bonds is 7. The first-order chi connectivity index (χ1) is 20.2. The molecule has 9 nitrogen and oxygen atoms in total. The normalized spacial score (nSPS) is 17.5. The molecular weight excluding hydrogens is 535 g/mol. The van der Waals surface area contributed by atoms with E-state index in [4.69, 9.17) is 4.99 Å². The van der Waals surface area contributed by atoms with Crippen LogP contribution in [0.15, 0.2) is 65.7 Å². The highest BCUT2D eigenvalue weighted by Crippen LogP contribution is 2.37. The second kappa shape index (κ2) is 12.2. The van der Waals surface area contributed by atoms with Crippen molar-refractivity contribution in [2.75, 3.05) is 64.1 Å². The van der Waals surface area contributed by atoms with Crippen LogP contribution in [0.3, 0.4) is 0 Å². The van der Waals surface area contributed by atoms with Crippen molar-refractivity contribution in [1.29, 1.82) is 0 Å². The van der Waals surface area contributed by atoms with Crippen LogP contribution in [0, 0.1) is 12.7 Å². The summed E-state index contributed by atoms with van der Waals surface area (Å²) in [5, 5.41) is 5.43. The maximum absolute atomic E-state index is 14.0. The van der Waals surface area contributed by atoms with Crippen LogP contribution in [0.25, 0.3) is 0 Å². The number of hydrogen-bond donors (Lipinski definition) is 2. The summed E-state index contributed by atoms with van der Waals surface area (Å²) in [7, 11) is 5.40. The molecule has 2 N–H and O–H groups in total. The fourth-order valence-corrected chi connectivity index (χ4v) is 5.42. The lowest BCUT2D eigenvalue weighted by atomic mass is 9.87. The summed E-state index contributed by atoms with van der Waals surface area (Å²) >= 11 is 0. The van der Waals surface area contributed by atoms with E-state index in [2.05, 4.69) is 27.5 Å². The lowest BCUT2D eigenvalue weighted by Crippen LogP contribution is -2.48. The van der Waals surface area contributed by atoms with Gasteiger partial charge in [-0.3, -0.25) is 24.3 Å². The average molecular weight is 571 g/mol. The lowest BCUT2D eigenvalue weighted by Gasteiger charge is -2.32. The number of carbonyl (C=O) groups is 3. The van der Waals surface area contributed by atoms with E-state index in [0.29, 0.717) is 45.9 Å². The number of nitrogens with zero attached hydrogens (tertiary/aromatic N) is 4. The molecule has 3 aromatic rings. The number of piperazine rings is 1. The molecule has 2 aliphatic heterocycles. The van der Waals surface area contributed by atoms with Crippen LogP contribution >= 0.6 is 0 Å². The number of halogens is 1. The summed E-state index contributed by atoms with van der Waals surface area (Å²) in [6, 6.07) is 16.7. The van der Waals surface area contributed by atoms with Gasteiger partial charge < -0.3 is 20.4 Å². The highest BCUT2D eigenvalue weighted by Gasteiger charge is 2.36. The Hall–Kier alpha value is -4.41. The molecule has 10 heteroatoms. The molecule has 42 heavy (non-hydrogen) atoms. The number of carbonyl (C=O) groups excluding carboxylic acids is 3. The number of nitrogens with one attached hydrogen (secondary N) is 2. The summed E-state index contributed by atoms with van der Waals surface area (Å²) in [4.78, 5) is 49.8. The Kier molecular flexibility index (Phi) is 8.46. The van der Waals surface area contributed by atoms with E-state index in [1.165, 1.54) is 12.1 Å². The number of benzene rings is 3. The van der Waals surface area contributed by atoms with E-state index in [-0.39, 0.29) is 17.7 Å². The highest BCUT2D eigenvalue weighted by atomic mass is 19.1. The smallest absolute Gasteiger partial charge is 0.251 e. The molecule has 3 aromatic carbocycles. The van der Waals surface area contributed by atoms with Gasteiger partial charge in [-0.05, 0) is 67.6 Å². The minimum Gasteiger partial charge on any atom is -0.355 e. The Morgan fingerprint density at radius 3 is 2.43 bits per heavy atom. The SMILES string of the molecule is CNC(=O)c1cccc(C(=Nc2ccc(N(C)C(=O)CN3CCN(C)CC3)cc2)C2C(=O)Nc3cc(F)ccc32)c1C. The molecule has 1 atom stereocenters. The Balaban J connectivity index is 1.48. The van der Waals surface area contributed by atoms with Crippen LogP contribution in [0.4, 0.5) is 21.5 Å². The first kappa shape index (κ1) is 29.1. The molecule has 1 saturated heterocycles. The van der Waals surface area contributed by atoms with Gasteiger partial charge in [0.15, 0.2) is 0 Å². The number of anilines is 2. The number of hydrogen-bond acceptors (Lipinski definition) is 6. The summed E-state index contributed by atoms with van der Waals surface area (Å²) in [5.74, 6) is -1.84. The zero-order chi connectivity index (χ0) is 30.0. The lowest BCUT2D eigenvalue weighted by molar-refractivity contribution is -0.120. The van der Waals surface area contributed by atoms with Crippen molar-refractivity contribution in [1.82, 2.24) is 15.1 Å². The third-order valence-electron chi connectivity index (χ3n) is 8.02. The molecule has 1 fully saturated rings. The largest absolute Gasteiger partial charge is 0.355 e. The Bertz CT molecular complexity index is 1550. The van der Waals surface area contributed by atoms with Gasteiger partial charge in [-0.2, -0.15) is 0 Å². The van der Waals surface area contributed by atoms with Gasteiger partial charge in [-0.15, -0.1) is 0 Å². The van der Waals surface area contributed by atoms with Gasteiger partial charge in [0.05, 0.1) is 17.9 Å². The highest BCUT2D eigenvalue weighted by molar-refractivity contribution is 6.25. The molecule has 5 rings (SSSR count). The molecular formula is C32H35FN6O3. The molecule has 0 spiro atoms. The van der Waals surface area contributed by atoms with Crippen molar-refractivity contribution in [2.45, 2.75) is 12.8 Å². The summed E-state index contributed by atoms with van der Waals surface area (Å²) in [6.07, 6.45) is 0. The third kappa shape index (κ3) is 5.95. The molecule has 2 heterocycles. The predicted octanol–water partition coefficient (Wildman–Crippen LogP) is 3.56. The van der Waals surface area contributed by atoms with Gasteiger partial charge in [0.25, 0.3) is 5.91 Å². The van der Waals surface area contributed by atoms with E-state index in [9.17, 15) is 18.8 Å². The number of fused-ring (bicyclic) bond motifs is 1. The van der Waals surface area contributed by atoms with Crippen molar-refractivity contribution in [3.8, 4) is 0 Å². The Morgan fingerprint density at radius 1 is 1.05 bits per heavy atom. The zero-order valence-corrected chi connectivity index (χ0v) is 24.3.